The van der Waals surface area contributed by atoms with Gasteiger partial charge in [-0.05, 0) is 44.9 Å². The third kappa shape index (κ3) is 4.45. The average Bonchev–Trinajstić information content (AvgIpc) is 3.39. The van der Waals surface area contributed by atoms with E-state index in [9.17, 15) is 14.9 Å². The summed E-state index contributed by atoms with van der Waals surface area (Å²) in [5.74, 6) is -0.841. The van der Waals surface area contributed by atoms with E-state index in [2.05, 4.69) is 15.2 Å². The summed E-state index contributed by atoms with van der Waals surface area (Å²) in [6.45, 7) is 4.20. The molecule has 4 rings (SSSR count). The quantitative estimate of drug-likeness (QED) is 0.533. The number of pyridine rings is 1. The number of nitriles is 1. The van der Waals surface area contributed by atoms with Gasteiger partial charge in [-0.3, -0.25) is 4.79 Å². The van der Waals surface area contributed by atoms with Crippen LogP contribution in [0.1, 0.15) is 51.6 Å². The van der Waals surface area contributed by atoms with E-state index in [4.69, 9.17) is 9.47 Å². The minimum Gasteiger partial charge on any atom is -0.472 e. The number of likely N-dealkylation sites (tertiary alicyclic amines) is 1. The first-order chi connectivity index (χ1) is 16.4. The maximum atomic E-state index is 13.7. The monoisotopic (exact) mass is 460 g/mol. The standard InChI is InChI=1S/C24H24N6O4/c1-15-4-7-20(30-27-10-11-28-30)19(12-15)23(31)29-14-18(6-5-16(29)2)34-22-21(24(32)33-3)17(13-25)8-9-26-22/h4,7-12,16,18H,5-6,14H2,1-3H3/t16-,18-/m1/s1. The first kappa shape index (κ1) is 22.9. The van der Waals surface area contributed by atoms with E-state index in [-0.39, 0.29) is 29.0 Å². The molecule has 10 nitrogen and oxygen atoms in total. The van der Waals surface area contributed by atoms with Crippen molar-refractivity contribution in [2.24, 2.45) is 0 Å². The summed E-state index contributed by atoms with van der Waals surface area (Å²) in [6.07, 6.45) is 5.46. The van der Waals surface area contributed by atoms with Gasteiger partial charge in [-0.15, -0.1) is 0 Å². The number of hydrogen-bond donors (Lipinski definition) is 0. The number of ether oxygens (including phenoxy) is 2. The van der Waals surface area contributed by atoms with Crippen LogP contribution in [0.25, 0.3) is 5.69 Å². The summed E-state index contributed by atoms with van der Waals surface area (Å²) in [6, 6.07) is 8.93. The molecule has 34 heavy (non-hydrogen) atoms. The number of nitrogens with zero attached hydrogens (tertiary/aromatic N) is 6. The Balaban J connectivity index is 1.62. The molecule has 0 unspecified atom stereocenters. The predicted molar refractivity (Wildman–Crippen MR) is 121 cm³/mol. The molecular weight excluding hydrogens is 436 g/mol. The van der Waals surface area contributed by atoms with Crippen molar-refractivity contribution in [3.8, 4) is 17.6 Å². The van der Waals surface area contributed by atoms with Gasteiger partial charge in [0.15, 0.2) is 0 Å². The maximum absolute atomic E-state index is 13.7. The summed E-state index contributed by atoms with van der Waals surface area (Å²) in [5, 5.41) is 17.7. The Morgan fingerprint density at radius 3 is 2.62 bits per heavy atom. The number of methoxy groups -OCH3 is 1. The summed E-state index contributed by atoms with van der Waals surface area (Å²) in [5.41, 5.74) is 2.12. The largest absolute Gasteiger partial charge is 0.472 e. The number of aryl methyl sites for hydroxylation is 1. The zero-order chi connectivity index (χ0) is 24.2. The van der Waals surface area contributed by atoms with Gasteiger partial charge in [0.2, 0.25) is 5.88 Å². The van der Waals surface area contributed by atoms with E-state index < -0.39 is 12.1 Å². The summed E-state index contributed by atoms with van der Waals surface area (Å²) >= 11 is 0. The molecule has 1 fully saturated rings. The molecule has 1 amide bonds. The molecule has 1 aromatic carbocycles. The molecule has 10 heteroatoms. The normalized spacial score (nSPS) is 17.6. The highest BCUT2D eigenvalue weighted by molar-refractivity contribution is 5.98. The molecule has 0 radical (unpaired) electrons. The van der Waals surface area contributed by atoms with Gasteiger partial charge in [0.05, 0.1) is 42.9 Å². The molecule has 3 heterocycles. The van der Waals surface area contributed by atoms with Crippen molar-refractivity contribution in [2.75, 3.05) is 13.7 Å². The molecule has 1 aliphatic heterocycles. The fourth-order valence-corrected chi connectivity index (χ4v) is 4.03. The Hall–Kier alpha value is -4.26. The lowest BCUT2D eigenvalue weighted by molar-refractivity contribution is 0.0358. The maximum Gasteiger partial charge on any atom is 0.344 e. The van der Waals surface area contributed by atoms with Crippen molar-refractivity contribution in [2.45, 2.75) is 38.8 Å². The van der Waals surface area contributed by atoms with E-state index >= 15 is 0 Å². The second-order valence-electron chi connectivity index (χ2n) is 8.10. The van der Waals surface area contributed by atoms with Gasteiger partial charge >= 0.3 is 5.97 Å². The van der Waals surface area contributed by atoms with Crippen LogP contribution in [0.5, 0.6) is 5.88 Å². The lowest BCUT2D eigenvalue weighted by Gasteiger charge is -2.38. The Morgan fingerprint density at radius 2 is 1.91 bits per heavy atom. The summed E-state index contributed by atoms with van der Waals surface area (Å²) in [4.78, 5) is 33.3. The van der Waals surface area contributed by atoms with Crippen molar-refractivity contribution in [3.05, 3.63) is 65.1 Å². The number of esters is 1. The molecule has 0 bridgehead atoms. The Labute approximate surface area is 196 Å². The molecule has 2 atom stereocenters. The average molecular weight is 460 g/mol. The second kappa shape index (κ2) is 9.70. The van der Waals surface area contributed by atoms with E-state index in [1.165, 1.54) is 24.2 Å². The molecule has 0 N–H and O–H groups in total. The minimum absolute atomic E-state index is 0.0188. The molecule has 2 aromatic heterocycles. The second-order valence-corrected chi connectivity index (χ2v) is 8.10. The van der Waals surface area contributed by atoms with Crippen LogP contribution in [0.3, 0.4) is 0 Å². The van der Waals surface area contributed by atoms with Gasteiger partial charge in [-0.1, -0.05) is 11.6 Å². The highest BCUT2D eigenvalue weighted by atomic mass is 16.5. The first-order valence-corrected chi connectivity index (χ1v) is 10.8. The molecule has 0 saturated carbocycles. The molecule has 0 spiro atoms. The van der Waals surface area contributed by atoms with Gasteiger partial charge < -0.3 is 14.4 Å². The third-order valence-corrected chi connectivity index (χ3v) is 5.82. The molecule has 1 aliphatic rings. The van der Waals surface area contributed by atoms with E-state index in [1.54, 1.807) is 17.3 Å². The number of benzene rings is 1. The van der Waals surface area contributed by atoms with Crippen molar-refractivity contribution < 1.29 is 19.1 Å². The lowest BCUT2D eigenvalue weighted by atomic mass is 9.99. The van der Waals surface area contributed by atoms with Gasteiger partial charge in [0.1, 0.15) is 17.7 Å². The van der Waals surface area contributed by atoms with E-state index in [0.29, 0.717) is 30.6 Å². The zero-order valence-corrected chi connectivity index (χ0v) is 19.1. The number of carbonyl (C=O) groups excluding carboxylic acids is 2. The SMILES string of the molecule is COC(=O)c1c(C#N)ccnc1O[C@@H]1CC[C@@H](C)N(C(=O)c2cc(C)ccc2-n2nccn2)C1. The molecule has 174 valence electrons. The van der Waals surface area contributed by atoms with Crippen LogP contribution in [-0.2, 0) is 4.74 Å². The third-order valence-electron chi connectivity index (χ3n) is 5.82. The summed E-state index contributed by atoms with van der Waals surface area (Å²) < 4.78 is 10.9. The van der Waals surface area contributed by atoms with Crippen LogP contribution >= 0.6 is 0 Å². The van der Waals surface area contributed by atoms with Gasteiger partial charge in [0.25, 0.3) is 5.91 Å². The van der Waals surface area contributed by atoms with Gasteiger partial charge in [0, 0.05) is 12.2 Å². The van der Waals surface area contributed by atoms with Gasteiger partial charge in [-0.2, -0.15) is 20.3 Å². The van der Waals surface area contributed by atoms with Crippen molar-refractivity contribution >= 4 is 11.9 Å². The minimum atomic E-state index is -0.701. The first-order valence-electron chi connectivity index (χ1n) is 10.8. The molecular formula is C24H24N6O4. The topological polar surface area (TPSA) is 123 Å². The molecule has 1 saturated heterocycles. The fraction of sp³-hybridized carbons (Fsp3) is 0.333. The van der Waals surface area contributed by atoms with Crippen LogP contribution < -0.4 is 4.74 Å². The van der Waals surface area contributed by atoms with Crippen LogP contribution in [0.15, 0.2) is 42.9 Å². The van der Waals surface area contributed by atoms with Crippen LogP contribution in [0.4, 0.5) is 0 Å². The van der Waals surface area contributed by atoms with Gasteiger partial charge in [-0.25, -0.2) is 9.78 Å². The number of aromatic nitrogens is 4. The number of rotatable bonds is 5. The van der Waals surface area contributed by atoms with E-state index in [1.807, 2.05) is 38.1 Å². The van der Waals surface area contributed by atoms with Crippen molar-refractivity contribution in [1.29, 1.82) is 5.26 Å². The predicted octanol–water partition coefficient (Wildman–Crippen LogP) is 2.70. The smallest absolute Gasteiger partial charge is 0.344 e. The van der Waals surface area contributed by atoms with Crippen molar-refractivity contribution in [1.82, 2.24) is 24.9 Å². The lowest BCUT2D eigenvalue weighted by Crippen LogP contribution is -2.49. The zero-order valence-electron chi connectivity index (χ0n) is 19.1. The number of amides is 1. The highest BCUT2D eigenvalue weighted by Gasteiger charge is 2.33. The van der Waals surface area contributed by atoms with Crippen LogP contribution in [0.2, 0.25) is 0 Å². The van der Waals surface area contributed by atoms with Crippen molar-refractivity contribution in [3.63, 3.8) is 0 Å². The number of carbonyl (C=O) groups is 2. The molecule has 3 aromatic rings. The van der Waals surface area contributed by atoms with Crippen LogP contribution in [0, 0.1) is 18.3 Å². The van der Waals surface area contributed by atoms with Crippen LogP contribution in [-0.4, -0.2) is 62.6 Å². The number of hydrogen-bond acceptors (Lipinski definition) is 8. The highest BCUT2D eigenvalue weighted by Crippen LogP contribution is 2.28. The fourth-order valence-electron chi connectivity index (χ4n) is 4.03. The Kier molecular flexibility index (Phi) is 6.54. The van der Waals surface area contributed by atoms with E-state index in [0.717, 1.165) is 5.56 Å². The molecule has 0 aliphatic carbocycles. The Bertz CT molecular complexity index is 1250. The number of piperidine rings is 1. The Morgan fingerprint density at radius 1 is 1.15 bits per heavy atom. The summed E-state index contributed by atoms with van der Waals surface area (Å²) in [7, 11) is 1.23.